The van der Waals surface area contributed by atoms with Crippen LogP contribution in [0.1, 0.15) is 34.6 Å². The monoisotopic (exact) mass is 186 g/mol. The molecule has 0 saturated carbocycles. The third-order valence-corrected chi connectivity index (χ3v) is 0.858. The first-order valence-electron chi connectivity index (χ1n) is 3.57. The van der Waals surface area contributed by atoms with Gasteiger partial charge < -0.3 is 9.84 Å². The van der Waals surface area contributed by atoms with Gasteiger partial charge in [0.25, 0.3) is 0 Å². The van der Waals surface area contributed by atoms with Crippen molar-refractivity contribution in [1.29, 1.82) is 0 Å². The predicted molar refractivity (Wildman–Crippen MR) is 49.2 cm³/mol. The molecule has 1 N–H and O–H groups in total. The third kappa shape index (κ3) is 14.4. The van der Waals surface area contributed by atoms with Gasteiger partial charge in [-0.1, -0.05) is 0 Å². The fourth-order valence-electron chi connectivity index (χ4n) is 0.393. The van der Waals surface area contributed by atoms with Crippen molar-refractivity contribution in [2.75, 3.05) is 6.61 Å². The summed E-state index contributed by atoms with van der Waals surface area (Å²) in [7, 11) is 0. The van der Waals surface area contributed by atoms with Gasteiger partial charge in [0.1, 0.15) is 0 Å². The Bertz CT molecular complexity index is 85.6. The van der Waals surface area contributed by atoms with Crippen LogP contribution in [0.4, 0.5) is 0 Å². The predicted octanol–water partition coefficient (Wildman–Crippen LogP) is 0.924. The quantitative estimate of drug-likeness (QED) is 0.650. The van der Waals surface area contributed by atoms with Crippen molar-refractivity contribution in [3.63, 3.8) is 0 Å². The van der Waals surface area contributed by atoms with Gasteiger partial charge in [-0.05, 0) is 34.6 Å². The molecule has 0 saturated heterocycles. The average Bonchev–Trinajstić information content (AvgIpc) is 1.57. The van der Waals surface area contributed by atoms with E-state index >= 15 is 0 Å². The van der Waals surface area contributed by atoms with Gasteiger partial charge in [0.2, 0.25) is 0 Å². The van der Waals surface area contributed by atoms with Gasteiger partial charge in [0.05, 0.1) is 17.8 Å². The molecule has 0 aromatic heterocycles. The second kappa shape index (κ2) is 5.32. The van der Waals surface area contributed by atoms with Crippen molar-refractivity contribution in [2.45, 2.75) is 45.8 Å². The topological polar surface area (TPSA) is 29.5 Å². The van der Waals surface area contributed by atoms with E-state index in [1.165, 1.54) is 0 Å². The second-order valence-electron chi connectivity index (χ2n) is 4.21. The number of hydrogen-bond donors (Lipinski definition) is 1. The van der Waals surface area contributed by atoms with E-state index in [9.17, 15) is 5.11 Å². The van der Waals surface area contributed by atoms with Crippen LogP contribution in [-0.4, -0.2) is 74.3 Å². The molecule has 0 aliphatic rings. The van der Waals surface area contributed by atoms with Gasteiger partial charge in [-0.15, -0.1) is 0 Å². The Hall–Kier alpha value is 1.56. The minimum absolute atomic E-state index is 0. The molecule has 0 spiro atoms. The zero-order valence-corrected chi connectivity index (χ0v) is 7.56. The molecule has 0 rings (SSSR count). The van der Waals surface area contributed by atoms with E-state index in [0.717, 1.165) is 0 Å². The van der Waals surface area contributed by atoms with Gasteiger partial charge in [-0.25, -0.2) is 0 Å². The molecule has 64 valence electrons. The molecule has 0 aliphatic heterocycles. The summed E-state index contributed by atoms with van der Waals surface area (Å²) < 4.78 is 5.34. The van der Waals surface area contributed by atoms with Crippen LogP contribution in [0.5, 0.6) is 0 Å². The number of aliphatic hydroxyl groups is 1. The van der Waals surface area contributed by atoms with Crippen molar-refractivity contribution >= 4 is 51.4 Å². The van der Waals surface area contributed by atoms with Crippen LogP contribution in [0, 0.1) is 0 Å². The van der Waals surface area contributed by atoms with E-state index < -0.39 is 5.60 Å². The summed E-state index contributed by atoms with van der Waals surface area (Å²) in [5.74, 6) is 0. The van der Waals surface area contributed by atoms with Crippen molar-refractivity contribution in [3.8, 4) is 0 Å². The van der Waals surface area contributed by atoms with Gasteiger partial charge in [-0.3, -0.25) is 0 Å². The number of hydrogen-bond acceptors (Lipinski definition) is 2. The summed E-state index contributed by atoms with van der Waals surface area (Å²) in [6.45, 7) is 9.77. The Morgan fingerprint density at radius 1 is 1.09 bits per heavy atom. The maximum atomic E-state index is 9.26. The second-order valence-corrected chi connectivity index (χ2v) is 4.21. The molecule has 0 atom stereocenters. The van der Waals surface area contributed by atoms with Gasteiger partial charge >= 0.3 is 51.4 Å². The van der Waals surface area contributed by atoms with Crippen molar-refractivity contribution in [3.05, 3.63) is 0 Å². The fourth-order valence-corrected chi connectivity index (χ4v) is 0.393. The molecule has 0 heterocycles. The zero-order valence-electron chi connectivity index (χ0n) is 7.56. The third-order valence-electron chi connectivity index (χ3n) is 0.858. The summed E-state index contributed by atoms with van der Waals surface area (Å²) >= 11 is 0. The Morgan fingerprint density at radius 3 is 1.55 bits per heavy atom. The van der Waals surface area contributed by atoms with E-state index in [-0.39, 0.29) is 57.0 Å². The fraction of sp³-hybridized carbons (Fsp3) is 1.00. The summed E-state index contributed by atoms with van der Waals surface area (Å²) in [5.41, 5.74) is -0.868. The first kappa shape index (κ1) is 15.0. The Kier molecular flexibility index (Phi) is 7.28. The van der Waals surface area contributed by atoms with Gasteiger partial charge in [0, 0.05) is 0 Å². The van der Waals surface area contributed by atoms with Crippen LogP contribution in [-0.2, 0) is 4.74 Å². The molecule has 0 unspecified atom stereocenters. The van der Waals surface area contributed by atoms with Gasteiger partial charge in [0.15, 0.2) is 0 Å². The molecule has 0 fully saturated rings. The van der Waals surface area contributed by atoms with Crippen molar-refractivity contribution in [2.24, 2.45) is 0 Å². The summed E-state index contributed by atoms with van der Waals surface area (Å²) in [4.78, 5) is 0. The van der Waals surface area contributed by atoms with E-state index in [4.69, 9.17) is 4.74 Å². The zero-order chi connectivity index (χ0) is 8.41. The molecule has 0 amide bonds. The molecule has 11 heavy (non-hydrogen) atoms. The van der Waals surface area contributed by atoms with Crippen LogP contribution < -0.4 is 0 Å². The molecule has 0 bridgehead atoms. The van der Waals surface area contributed by atoms with Crippen LogP contribution in [0.15, 0.2) is 0 Å². The first-order chi connectivity index (χ1) is 4.21. The van der Waals surface area contributed by atoms with E-state index in [2.05, 4.69) is 0 Å². The maximum absolute atomic E-state index is 9.26. The molecule has 0 aromatic carbocycles. The summed E-state index contributed by atoms with van der Waals surface area (Å²) in [6, 6.07) is 0. The molecule has 2 nitrogen and oxygen atoms in total. The normalized spacial score (nSPS) is 12.5. The van der Waals surface area contributed by atoms with E-state index in [1.54, 1.807) is 13.8 Å². The molecular formula is C8H19KO2. The number of ether oxygens (including phenoxy) is 1. The molecule has 3 heteroatoms. The van der Waals surface area contributed by atoms with Gasteiger partial charge in [-0.2, -0.15) is 0 Å². The van der Waals surface area contributed by atoms with Crippen LogP contribution in [0.3, 0.4) is 0 Å². The van der Waals surface area contributed by atoms with Crippen LogP contribution in [0.2, 0.25) is 0 Å². The SMILES string of the molecule is CC(C)(O)COC(C)(C)C.[KH]. The minimum atomic E-state index is -0.715. The molecular weight excluding hydrogens is 167 g/mol. The van der Waals surface area contributed by atoms with Crippen LogP contribution in [0.25, 0.3) is 0 Å². The summed E-state index contributed by atoms with van der Waals surface area (Å²) in [6.07, 6.45) is 0. The van der Waals surface area contributed by atoms with E-state index in [1.807, 2.05) is 20.8 Å². The average molecular weight is 186 g/mol. The number of rotatable bonds is 2. The van der Waals surface area contributed by atoms with E-state index in [0.29, 0.717) is 6.61 Å². The molecule has 0 aliphatic carbocycles. The Balaban J connectivity index is 0. The van der Waals surface area contributed by atoms with Crippen LogP contribution >= 0.6 is 0 Å². The Morgan fingerprint density at radius 2 is 1.45 bits per heavy atom. The van der Waals surface area contributed by atoms with Crippen molar-refractivity contribution < 1.29 is 9.84 Å². The molecule has 0 aromatic rings. The summed E-state index contributed by atoms with van der Waals surface area (Å²) in [5, 5.41) is 9.26. The standard InChI is InChI=1S/C8H18O2.K.H/c1-7(2,3)10-6-8(4,5)9;;/h9H,6H2,1-5H3;;. The first-order valence-corrected chi connectivity index (χ1v) is 3.57. The molecule has 0 radical (unpaired) electrons. The Labute approximate surface area is 112 Å². The van der Waals surface area contributed by atoms with Crippen molar-refractivity contribution in [1.82, 2.24) is 0 Å².